The first-order chi connectivity index (χ1) is 9.20. The first kappa shape index (κ1) is 12.0. The van der Waals surface area contributed by atoms with Gasteiger partial charge in [-0.3, -0.25) is 9.48 Å². The van der Waals surface area contributed by atoms with Crippen molar-refractivity contribution in [1.82, 2.24) is 9.78 Å². The molecule has 1 aliphatic carbocycles. The maximum Gasteiger partial charge on any atom is 0.156 e. The average Bonchev–Trinajstić information content (AvgIpc) is 2.74. The van der Waals surface area contributed by atoms with Crippen molar-refractivity contribution >= 4 is 12.1 Å². The summed E-state index contributed by atoms with van der Waals surface area (Å²) in [6.45, 7) is 0. The minimum Gasteiger partial charge on any atom is -0.383 e. The van der Waals surface area contributed by atoms with E-state index in [0.717, 1.165) is 24.7 Å². The molecule has 98 valence electrons. The molecule has 0 saturated heterocycles. The van der Waals surface area contributed by atoms with Crippen molar-refractivity contribution in [3.05, 3.63) is 34.9 Å². The van der Waals surface area contributed by atoms with Crippen LogP contribution >= 0.6 is 0 Å². The number of nitrogens with two attached hydrogens (primary N) is 1. The molecule has 0 radical (unpaired) electrons. The maximum atomic E-state index is 11.2. The van der Waals surface area contributed by atoms with Crippen LogP contribution in [-0.4, -0.2) is 16.1 Å². The van der Waals surface area contributed by atoms with Crippen molar-refractivity contribution in [2.75, 3.05) is 5.73 Å². The van der Waals surface area contributed by atoms with Crippen LogP contribution in [0, 0.1) is 0 Å². The summed E-state index contributed by atoms with van der Waals surface area (Å²) in [7, 11) is 1.75. The largest absolute Gasteiger partial charge is 0.383 e. The molecule has 0 spiro atoms. The van der Waals surface area contributed by atoms with E-state index in [1.807, 2.05) is 6.07 Å². The maximum absolute atomic E-state index is 11.2. The van der Waals surface area contributed by atoms with Crippen LogP contribution in [0.1, 0.15) is 34.3 Å². The number of fused-ring (bicyclic) bond motifs is 1. The molecule has 0 bridgehead atoms. The fraction of sp³-hybridized carbons (Fsp3) is 0.333. The van der Waals surface area contributed by atoms with E-state index in [9.17, 15) is 4.79 Å². The van der Waals surface area contributed by atoms with Crippen molar-refractivity contribution in [3.63, 3.8) is 0 Å². The van der Waals surface area contributed by atoms with Gasteiger partial charge in [-0.05, 0) is 42.9 Å². The molecular formula is C15H17N3O. The van der Waals surface area contributed by atoms with Crippen LogP contribution in [-0.2, 0) is 19.9 Å². The second-order valence-corrected chi connectivity index (χ2v) is 5.08. The lowest BCUT2D eigenvalue weighted by atomic mass is 9.89. The smallest absolute Gasteiger partial charge is 0.156 e. The summed E-state index contributed by atoms with van der Waals surface area (Å²) in [5.41, 5.74) is 10.8. The zero-order valence-corrected chi connectivity index (χ0v) is 11.0. The Morgan fingerprint density at radius 3 is 2.74 bits per heavy atom. The first-order valence-electron chi connectivity index (χ1n) is 6.60. The Hall–Kier alpha value is -2.10. The molecule has 3 rings (SSSR count). The summed E-state index contributed by atoms with van der Waals surface area (Å²) in [6.07, 6.45) is 5.56. The molecule has 1 heterocycles. The molecule has 2 aromatic rings. The summed E-state index contributed by atoms with van der Waals surface area (Å²) in [5, 5.41) is 4.36. The van der Waals surface area contributed by atoms with E-state index in [1.165, 1.54) is 24.0 Å². The molecule has 0 unspecified atom stereocenters. The number of anilines is 1. The normalized spacial score (nSPS) is 14.2. The SMILES string of the molecule is Cn1nc(-c2ccc3c(c2)CCCC3)c(C=O)c1N. The number of nitrogen functional groups attached to an aromatic ring is 1. The lowest BCUT2D eigenvalue weighted by Crippen LogP contribution is -2.02. The Morgan fingerprint density at radius 1 is 1.26 bits per heavy atom. The number of aromatic nitrogens is 2. The molecule has 0 aliphatic heterocycles. The van der Waals surface area contributed by atoms with Gasteiger partial charge in [0, 0.05) is 12.6 Å². The van der Waals surface area contributed by atoms with Crippen LogP contribution in [0.15, 0.2) is 18.2 Å². The average molecular weight is 255 g/mol. The van der Waals surface area contributed by atoms with Crippen molar-refractivity contribution in [1.29, 1.82) is 0 Å². The highest BCUT2D eigenvalue weighted by Crippen LogP contribution is 2.29. The van der Waals surface area contributed by atoms with Crippen LogP contribution in [0.25, 0.3) is 11.3 Å². The van der Waals surface area contributed by atoms with Gasteiger partial charge in [-0.25, -0.2) is 0 Å². The number of aryl methyl sites for hydroxylation is 3. The summed E-state index contributed by atoms with van der Waals surface area (Å²) >= 11 is 0. The van der Waals surface area contributed by atoms with E-state index in [2.05, 4.69) is 17.2 Å². The molecule has 4 nitrogen and oxygen atoms in total. The van der Waals surface area contributed by atoms with Gasteiger partial charge < -0.3 is 5.73 Å². The minimum absolute atomic E-state index is 0.419. The number of hydrogen-bond donors (Lipinski definition) is 1. The van der Waals surface area contributed by atoms with Gasteiger partial charge in [0.05, 0.1) is 5.56 Å². The number of carbonyl (C=O) groups excluding carboxylic acids is 1. The number of carbonyl (C=O) groups is 1. The third-order valence-electron chi connectivity index (χ3n) is 3.87. The number of hydrogen-bond acceptors (Lipinski definition) is 3. The molecule has 1 aromatic heterocycles. The van der Waals surface area contributed by atoms with E-state index in [0.29, 0.717) is 17.1 Å². The van der Waals surface area contributed by atoms with E-state index >= 15 is 0 Å². The van der Waals surface area contributed by atoms with Crippen molar-refractivity contribution in [2.24, 2.45) is 7.05 Å². The van der Waals surface area contributed by atoms with Crippen LogP contribution in [0.4, 0.5) is 5.82 Å². The van der Waals surface area contributed by atoms with Crippen LogP contribution < -0.4 is 5.73 Å². The second kappa shape index (κ2) is 4.53. The summed E-state index contributed by atoms with van der Waals surface area (Å²) in [4.78, 5) is 11.2. The van der Waals surface area contributed by atoms with Crippen LogP contribution in [0.5, 0.6) is 0 Å². The third kappa shape index (κ3) is 1.93. The lowest BCUT2D eigenvalue weighted by Gasteiger charge is -2.16. The van der Waals surface area contributed by atoms with Gasteiger partial charge >= 0.3 is 0 Å². The standard InChI is InChI=1S/C15H17N3O/c1-18-15(16)13(9-19)14(17-18)12-7-6-10-4-2-3-5-11(10)8-12/h6-9H,2-5,16H2,1H3. The highest BCUT2D eigenvalue weighted by Gasteiger charge is 2.17. The number of nitrogens with zero attached hydrogens (tertiary/aromatic N) is 2. The Kier molecular flexibility index (Phi) is 2.85. The molecule has 2 N–H and O–H groups in total. The van der Waals surface area contributed by atoms with Gasteiger partial charge in [0.1, 0.15) is 11.5 Å². The highest BCUT2D eigenvalue weighted by molar-refractivity contribution is 5.91. The molecule has 0 atom stereocenters. The summed E-state index contributed by atoms with van der Waals surface area (Å²) in [5.74, 6) is 0.419. The number of aldehydes is 1. The molecule has 1 aliphatic rings. The van der Waals surface area contributed by atoms with Gasteiger partial charge in [-0.15, -0.1) is 0 Å². The fourth-order valence-electron chi connectivity index (χ4n) is 2.76. The fourth-order valence-corrected chi connectivity index (χ4v) is 2.76. The molecule has 19 heavy (non-hydrogen) atoms. The van der Waals surface area contributed by atoms with Crippen molar-refractivity contribution < 1.29 is 4.79 Å². The van der Waals surface area contributed by atoms with E-state index < -0.39 is 0 Å². The van der Waals surface area contributed by atoms with Crippen LogP contribution in [0.3, 0.4) is 0 Å². The zero-order chi connectivity index (χ0) is 13.4. The number of benzene rings is 1. The van der Waals surface area contributed by atoms with Crippen LogP contribution in [0.2, 0.25) is 0 Å². The predicted molar refractivity (Wildman–Crippen MR) is 75.1 cm³/mol. The Labute approximate surface area is 112 Å². The summed E-state index contributed by atoms with van der Waals surface area (Å²) in [6, 6.07) is 6.35. The third-order valence-corrected chi connectivity index (χ3v) is 3.87. The molecule has 0 amide bonds. The van der Waals surface area contributed by atoms with Crippen molar-refractivity contribution in [3.8, 4) is 11.3 Å². The zero-order valence-electron chi connectivity index (χ0n) is 11.0. The van der Waals surface area contributed by atoms with E-state index in [4.69, 9.17) is 5.73 Å². The highest BCUT2D eigenvalue weighted by atomic mass is 16.1. The Balaban J connectivity index is 2.12. The first-order valence-corrected chi connectivity index (χ1v) is 6.60. The quantitative estimate of drug-likeness (QED) is 0.838. The molecule has 0 fully saturated rings. The van der Waals surface area contributed by atoms with Gasteiger partial charge in [-0.1, -0.05) is 12.1 Å². The topological polar surface area (TPSA) is 60.9 Å². The van der Waals surface area contributed by atoms with Gasteiger partial charge in [-0.2, -0.15) is 5.10 Å². The lowest BCUT2D eigenvalue weighted by molar-refractivity contribution is 0.112. The molecular weight excluding hydrogens is 238 g/mol. The van der Waals surface area contributed by atoms with E-state index in [1.54, 1.807) is 11.7 Å². The minimum atomic E-state index is 0.419. The Bertz CT molecular complexity index is 643. The monoisotopic (exact) mass is 255 g/mol. The Morgan fingerprint density at radius 2 is 2.00 bits per heavy atom. The van der Waals surface area contributed by atoms with E-state index in [-0.39, 0.29) is 0 Å². The molecule has 1 aromatic carbocycles. The van der Waals surface area contributed by atoms with Gasteiger partial charge in [0.25, 0.3) is 0 Å². The van der Waals surface area contributed by atoms with Gasteiger partial charge in [0.15, 0.2) is 6.29 Å². The predicted octanol–water partition coefficient (Wildman–Crippen LogP) is 2.36. The van der Waals surface area contributed by atoms with Crippen molar-refractivity contribution in [2.45, 2.75) is 25.7 Å². The summed E-state index contributed by atoms with van der Waals surface area (Å²) < 4.78 is 1.55. The second-order valence-electron chi connectivity index (χ2n) is 5.08. The van der Waals surface area contributed by atoms with Gasteiger partial charge in [0.2, 0.25) is 0 Å². The number of rotatable bonds is 2. The molecule has 4 heteroatoms. The molecule has 0 saturated carbocycles.